The normalized spacial score (nSPS) is 27.1. The predicted molar refractivity (Wildman–Crippen MR) is 73.9 cm³/mol. The van der Waals surface area contributed by atoms with Crippen molar-refractivity contribution in [3.63, 3.8) is 0 Å². The first-order chi connectivity index (χ1) is 9.84. The molecule has 0 radical (unpaired) electrons. The molecule has 1 N–H and O–H groups in total. The molecular weight excluding hydrogens is 303 g/mol. The van der Waals surface area contributed by atoms with Crippen molar-refractivity contribution in [2.24, 2.45) is 17.8 Å². The molecule has 0 spiro atoms. The van der Waals surface area contributed by atoms with Crippen molar-refractivity contribution in [1.29, 1.82) is 0 Å². The van der Waals surface area contributed by atoms with E-state index in [0.29, 0.717) is 12.3 Å². The van der Waals surface area contributed by atoms with Gasteiger partial charge in [-0.25, -0.2) is 0 Å². The Morgan fingerprint density at radius 3 is 2.57 bits per heavy atom. The number of benzene rings is 1. The maximum atomic E-state index is 13.0. The van der Waals surface area contributed by atoms with Gasteiger partial charge in [-0.2, -0.15) is 13.2 Å². The van der Waals surface area contributed by atoms with Crippen LogP contribution in [0.1, 0.15) is 18.4 Å². The molecule has 0 aliphatic heterocycles. The molecule has 6 heteroatoms. The lowest BCUT2D eigenvalue weighted by Crippen LogP contribution is -2.27. The van der Waals surface area contributed by atoms with Crippen LogP contribution >= 0.6 is 11.6 Å². The fraction of sp³-hybridized carbons (Fsp3) is 0.400. The number of hydrogen-bond acceptors (Lipinski definition) is 1. The summed E-state index contributed by atoms with van der Waals surface area (Å²) in [6.07, 6.45) is 1.15. The van der Waals surface area contributed by atoms with E-state index in [2.05, 4.69) is 11.4 Å². The summed E-state index contributed by atoms with van der Waals surface area (Å²) >= 11 is 5.62. The summed E-state index contributed by atoms with van der Waals surface area (Å²) in [7, 11) is 0. The Bertz CT molecular complexity index is 611. The summed E-state index contributed by atoms with van der Waals surface area (Å²) in [4.78, 5) is 12.2. The highest BCUT2D eigenvalue weighted by Crippen LogP contribution is 2.44. The Hall–Kier alpha value is -1.49. The van der Waals surface area contributed by atoms with Gasteiger partial charge in [0.15, 0.2) is 0 Å². The number of anilines is 1. The minimum Gasteiger partial charge on any atom is -0.325 e. The van der Waals surface area contributed by atoms with Gasteiger partial charge in [-0.05, 0) is 42.9 Å². The van der Waals surface area contributed by atoms with E-state index in [0.717, 1.165) is 12.5 Å². The fourth-order valence-electron chi connectivity index (χ4n) is 3.17. The number of hydrogen-bond donors (Lipinski definition) is 1. The number of halogens is 4. The number of nitrogens with one attached hydrogen (secondary N) is 1. The third-order valence-electron chi connectivity index (χ3n) is 4.16. The number of allylic oxidation sites excluding steroid dienone is 2. The zero-order valence-electron chi connectivity index (χ0n) is 11.0. The molecule has 0 aromatic heterocycles. The first-order valence-corrected chi connectivity index (χ1v) is 7.08. The van der Waals surface area contributed by atoms with Crippen LogP contribution in [0.15, 0.2) is 30.4 Å². The van der Waals surface area contributed by atoms with Crippen molar-refractivity contribution in [3.8, 4) is 0 Å². The number of carbonyl (C=O) groups excluding carboxylic acids is 1. The Morgan fingerprint density at radius 2 is 2.00 bits per heavy atom. The van der Waals surface area contributed by atoms with E-state index in [1.54, 1.807) is 0 Å². The van der Waals surface area contributed by atoms with Crippen molar-refractivity contribution >= 4 is 23.2 Å². The first-order valence-electron chi connectivity index (χ1n) is 6.70. The quantitative estimate of drug-likeness (QED) is 0.799. The summed E-state index contributed by atoms with van der Waals surface area (Å²) < 4.78 is 39.0. The monoisotopic (exact) mass is 315 g/mol. The standard InChI is InChI=1S/C15H13ClF3NO/c16-10-3-4-13(12(7-10)15(17,18)19)20-14(21)11-6-8-1-2-9(11)5-8/h1-4,7-9,11H,5-6H2,(H,20,21). The average molecular weight is 316 g/mol. The molecule has 2 nitrogen and oxygen atoms in total. The minimum atomic E-state index is -4.55. The summed E-state index contributed by atoms with van der Waals surface area (Å²) in [6, 6.07) is 3.37. The van der Waals surface area contributed by atoms with Crippen molar-refractivity contribution in [3.05, 3.63) is 40.9 Å². The van der Waals surface area contributed by atoms with Gasteiger partial charge in [0.05, 0.1) is 11.3 Å². The van der Waals surface area contributed by atoms with Gasteiger partial charge < -0.3 is 5.32 Å². The first kappa shape index (κ1) is 14.4. The van der Waals surface area contributed by atoms with Crippen LogP contribution in [0.2, 0.25) is 5.02 Å². The van der Waals surface area contributed by atoms with Crippen LogP contribution in [0.5, 0.6) is 0 Å². The average Bonchev–Trinajstić information content (AvgIpc) is 3.02. The molecule has 0 heterocycles. The van der Waals surface area contributed by atoms with E-state index in [1.165, 1.54) is 12.1 Å². The fourth-order valence-corrected chi connectivity index (χ4v) is 3.34. The predicted octanol–water partition coefficient (Wildman–Crippen LogP) is 4.51. The van der Waals surface area contributed by atoms with Crippen LogP contribution in [0.3, 0.4) is 0 Å². The molecule has 2 aliphatic rings. The van der Waals surface area contributed by atoms with Crippen molar-refractivity contribution < 1.29 is 18.0 Å². The number of amides is 1. The van der Waals surface area contributed by atoms with Crippen LogP contribution in [0, 0.1) is 17.8 Å². The molecule has 1 aromatic carbocycles. The van der Waals surface area contributed by atoms with E-state index in [9.17, 15) is 18.0 Å². The Labute approximate surface area is 125 Å². The Kier molecular flexibility index (Phi) is 3.48. The maximum absolute atomic E-state index is 13.0. The van der Waals surface area contributed by atoms with Gasteiger partial charge in [0.25, 0.3) is 0 Å². The molecule has 2 bridgehead atoms. The van der Waals surface area contributed by atoms with Crippen LogP contribution in [0.4, 0.5) is 18.9 Å². The molecule has 21 heavy (non-hydrogen) atoms. The molecule has 0 saturated heterocycles. The topological polar surface area (TPSA) is 29.1 Å². The lowest BCUT2D eigenvalue weighted by Gasteiger charge is -2.20. The second-order valence-corrected chi connectivity index (χ2v) is 6.00. The number of rotatable bonds is 2. The van der Waals surface area contributed by atoms with Crippen LogP contribution in [-0.2, 0) is 11.0 Å². The van der Waals surface area contributed by atoms with E-state index in [1.807, 2.05) is 6.08 Å². The third-order valence-corrected chi connectivity index (χ3v) is 4.40. The highest BCUT2D eigenvalue weighted by Gasteiger charge is 2.41. The van der Waals surface area contributed by atoms with Crippen molar-refractivity contribution in [1.82, 2.24) is 0 Å². The van der Waals surface area contributed by atoms with Gasteiger partial charge in [0, 0.05) is 10.9 Å². The van der Waals surface area contributed by atoms with Gasteiger partial charge in [-0.15, -0.1) is 0 Å². The molecule has 112 valence electrons. The van der Waals surface area contributed by atoms with Crippen molar-refractivity contribution in [2.75, 3.05) is 5.32 Å². The van der Waals surface area contributed by atoms with Gasteiger partial charge in [0.1, 0.15) is 0 Å². The van der Waals surface area contributed by atoms with E-state index >= 15 is 0 Å². The van der Waals surface area contributed by atoms with Gasteiger partial charge in [0.2, 0.25) is 5.91 Å². The zero-order chi connectivity index (χ0) is 15.2. The largest absolute Gasteiger partial charge is 0.418 e. The van der Waals surface area contributed by atoms with Crippen molar-refractivity contribution in [2.45, 2.75) is 19.0 Å². The molecule has 3 rings (SSSR count). The summed E-state index contributed by atoms with van der Waals surface area (Å²) in [5.41, 5.74) is -1.15. The lowest BCUT2D eigenvalue weighted by molar-refractivity contribution is -0.137. The van der Waals surface area contributed by atoms with Gasteiger partial charge >= 0.3 is 6.18 Å². The second kappa shape index (κ2) is 5.05. The highest BCUT2D eigenvalue weighted by molar-refractivity contribution is 6.30. The van der Waals surface area contributed by atoms with E-state index in [-0.39, 0.29) is 28.5 Å². The van der Waals surface area contributed by atoms with E-state index in [4.69, 9.17) is 11.6 Å². The molecular formula is C15H13ClF3NO. The molecule has 1 saturated carbocycles. The molecule has 3 unspecified atom stereocenters. The highest BCUT2D eigenvalue weighted by atomic mass is 35.5. The second-order valence-electron chi connectivity index (χ2n) is 5.56. The summed E-state index contributed by atoms with van der Waals surface area (Å²) in [5, 5.41) is 2.41. The van der Waals surface area contributed by atoms with Gasteiger partial charge in [-0.1, -0.05) is 23.8 Å². The molecule has 1 aromatic rings. The van der Waals surface area contributed by atoms with Crippen LogP contribution < -0.4 is 5.32 Å². The smallest absolute Gasteiger partial charge is 0.325 e. The third kappa shape index (κ3) is 2.79. The number of fused-ring (bicyclic) bond motifs is 2. The summed E-state index contributed by atoms with van der Waals surface area (Å²) in [5.74, 6) is -0.0499. The SMILES string of the molecule is O=C(Nc1ccc(Cl)cc1C(F)(F)F)C1CC2C=CC1C2. The zero-order valence-corrected chi connectivity index (χ0v) is 11.7. The van der Waals surface area contributed by atoms with Crippen LogP contribution in [0.25, 0.3) is 0 Å². The summed E-state index contributed by atoms with van der Waals surface area (Å²) in [6.45, 7) is 0. The maximum Gasteiger partial charge on any atom is 0.418 e. The van der Waals surface area contributed by atoms with Gasteiger partial charge in [-0.3, -0.25) is 4.79 Å². The molecule has 1 fully saturated rings. The van der Waals surface area contributed by atoms with E-state index < -0.39 is 11.7 Å². The van der Waals surface area contributed by atoms with Crippen LogP contribution in [-0.4, -0.2) is 5.91 Å². The molecule has 1 amide bonds. The minimum absolute atomic E-state index is 0.0109. The molecule has 3 atom stereocenters. The number of carbonyl (C=O) groups is 1. The number of alkyl halides is 3. The Balaban J connectivity index is 1.82. The molecule has 2 aliphatic carbocycles. The lowest BCUT2D eigenvalue weighted by atomic mass is 9.92. The Morgan fingerprint density at radius 1 is 1.24 bits per heavy atom.